The van der Waals surface area contributed by atoms with Gasteiger partial charge in [0.2, 0.25) is 11.8 Å². The first-order valence-electron chi connectivity index (χ1n) is 5.74. The lowest BCUT2D eigenvalue weighted by Crippen LogP contribution is -2.36. The van der Waals surface area contributed by atoms with E-state index in [1.165, 1.54) is 13.1 Å². The van der Waals surface area contributed by atoms with Crippen LogP contribution in [-0.4, -0.2) is 29.8 Å². The highest BCUT2D eigenvalue weighted by molar-refractivity contribution is 6.05. The number of nitrogens with zero attached hydrogens (tertiary/aromatic N) is 2. The summed E-state index contributed by atoms with van der Waals surface area (Å²) < 4.78 is 13.2. The highest BCUT2D eigenvalue weighted by Gasteiger charge is 2.35. The van der Waals surface area contributed by atoms with Crippen LogP contribution in [-0.2, 0) is 16.1 Å². The maximum absolute atomic E-state index is 13.2. The molecular formula is C13H12FN3O2. The van der Waals surface area contributed by atoms with Gasteiger partial charge in [0.25, 0.3) is 0 Å². The summed E-state index contributed by atoms with van der Waals surface area (Å²) in [5.74, 6) is -1.02. The normalized spacial score (nSPS) is 18.8. The third-order valence-electron chi connectivity index (χ3n) is 3.02. The molecule has 2 amide bonds. The first kappa shape index (κ1) is 13.2. The summed E-state index contributed by atoms with van der Waals surface area (Å²) in [4.78, 5) is 24.0. The van der Waals surface area contributed by atoms with Gasteiger partial charge in [-0.1, -0.05) is 0 Å². The maximum atomic E-state index is 13.2. The minimum Gasteiger partial charge on any atom is -0.301 e. The number of nitrogens with one attached hydrogen (secondary N) is 1. The van der Waals surface area contributed by atoms with E-state index >= 15 is 0 Å². The fourth-order valence-electron chi connectivity index (χ4n) is 1.97. The predicted molar refractivity (Wildman–Crippen MR) is 64.1 cm³/mol. The smallest absolute Gasteiger partial charge is 0.246 e. The summed E-state index contributed by atoms with van der Waals surface area (Å²) in [6, 6.07) is 5.26. The number of imide groups is 1. The van der Waals surface area contributed by atoms with Gasteiger partial charge in [-0.25, -0.2) is 4.39 Å². The Morgan fingerprint density at radius 2 is 2.21 bits per heavy atom. The third kappa shape index (κ3) is 2.77. The number of carbonyl (C=O) groups excluding carboxylic acids is 2. The van der Waals surface area contributed by atoms with E-state index in [1.54, 1.807) is 6.07 Å². The zero-order valence-electron chi connectivity index (χ0n) is 10.3. The Balaban J connectivity index is 2.04. The second kappa shape index (κ2) is 5.16. The molecule has 6 heteroatoms. The number of amides is 2. The van der Waals surface area contributed by atoms with Gasteiger partial charge in [-0.05, 0) is 23.8 Å². The molecule has 1 fully saturated rings. The van der Waals surface area contributed by atoms with Gasteiger partial charge in [0.15, 0.2) is 0 Å². The lowest BCUT2D eigenvalue weighted by molar-refractivity contribution is -0.137. The van der Waals surface area contributed by atoms with Crippen molar-refractivity contribution in [1.82, 2.24) is 10.2 Å². The minimum atomic E-state index is -0.577. The van der Waals surface area contributed by atoms with E-state index in [1.807, 2.05) is 6.07 Å². The molecule has 1 aliphatic heterocycles. The second-order valence-corrected chi connectivity index (χ2v) is 4.39. The maximum Gasteiger partial charge on any atom is 0.246 e. The van der Waals surface area contributed by atoms with Crippen LogP contribution in [0.25, 0.3) is 0 Å². The summed E-state index contributed by atoms with van der Waals surface area (Å²) >= 11 is 0. The summed E-state index contributed by atoms with van der Waals surface area (Å²) in [6.07, 6.45) is 0.107. The molecule has 0 aromatic heterocycles. The molecule has 1 saturated heterocycles. The van der Waals surface area contributed by atoms with E-state index in [0.717, 1.165) is 11.0 Å². The van der Waals surface area contributed by atoms with Crippen LogP contribution in [0.2, 0.25) is 0 Å². The van der Waals surface area contributed by atoms with E-state index in [-0.39, 0.29) is 30.3 Å². The Labute approximate surface area is 109 Å². The Bertz CT molecular complexity index is 580. The SMILES string of the molecule is CN1C(=O)CC(NCc2cc(F)cc(C#N)c2)C1=O. The standard InChI is InChI=1S/C13H12FN3O2/c1-17-12(18)5-11(13(17)19)16-7-9-2-8(6-15)3-10(14)4-9/h2-4,11,16H,5,7H2,1H3. The van der Waals surface area contributed by atoms with Crippen molar-refractivity contribution in [2.45, 2.75) is 19.0 Å². The molecule has 1 atom stereocenters. The van der Waals surface area contributed by atoms with Crippen LogP contribution in [0.5, 0.6) is 0 Å². The molecule has 0 bridgehead atoms. The van der Waals surface area contributed by atoms with Crippen molar-refractivity contribution in [2.75, 3.05) is 7.05 Å². The monoisotopic (exact) mass is 261 g/mol. The Hall–Kier alpha value is -2.26. The van der Waals surface area contributed by atoms with Crippen molar-refractivity contribution < 1.29 is 14.0 Å². The summed E-state index contributed by atoms with van der Waals surface area (Å²) in [5.41, 5.74) is 0.786. The molecular weight excluding hydrogens is 249 g/mol. The van der Waals surface area contributed by atoms with Crippen molar-refractivity contribution in [2.24, 2.45) is 0 Å². The molecule has 2 rings (SSSR count). The first-order chi connectivity index (χ1) is 9.01. The topological polar surface area (TPSA) is 73.2 Å². The van der Waals surface area contributed by atoms with Gasteiger partial charge in [0.1, 0.15) is 5.82 Å². The average molecular weight is 261 g/mol. The van der Waals surface area contributed by atoms with Crippen LogP contribution in [0.1, 0.15) is 17.5 Å². The second-order valence-electron chi connectivity index (χ2n) is 4.39. The van der Waals surface area contributed by atoms with E-state index in [9.17, 15) is 14.0 Å². The number of rotatable bonds is 3. The summed E-state index contributed by atoms with van der Waals surface area (Å²) in [6.45, 7) is 0.226. The quantitative estimate of drug-likeness (QED) is 0.806. The molecule has 0 aliphatic carbocycles. The molecule has 0 saturated carbocycles. The highest BCUT2D eigenvalue weighted by atomic mass is 19.1. The molecule has 0 spiro atoms. The van der Waals surface area contributed by atoms with Crippen LogP contribution in [0.3, 0.4) is 0 Å². The summed E-state index contributed by atoms with van der Waals surface area (Å²) in [7, 11) is 1.43. The average Bonchev–Trinajstić information content (AvgIpc) is 2.63. The van der Waals surface area contributed by atoms with Gasteiger partial charge in [-0.3, -0.25) is 14.5 Å². The molecule has 1 unspecified atom stereocenters. The van der Waals surface area contributed by atoms with Crippen molar-refractivity contribution in [3.8, 4) is 6.07 Å². The Morgan fingerprint density at radius 3 is 2.79 bits per heavy atom. The van der Waals surface area contributed by atoms with Crippen LogP contribution in [0, 0.1) is 17.1 Å². The minimum absolute atomic E-state index is 0.107. The van der Waals surface area contributed by atoms with Crippen LogP contribution < -0.4 is 5.32 Å². The molecule has 1 heterocycles. The van der Waals surface area contributed by atoms with Gasteiger partial charge in [0.05, 0.1) is 24.1 Å². The largest absolute Gasteiger partial charge is 0.301 e. The first-order valence-corrected chi connectivity index (χ1v) is 5.74. The van der Waals surface area contributed by atoms with Crippen LogP contribution in [0.4, 0.5) is 4.39 Å². The molecule has 98 valence electrons. The number of carbonyl (C=O) groups is 2. The lowest BCUT2D eigenvalue weighted by atomic mass is 10.1. The molecule has 5 nitrogen and oxygen atoms in total. The Morgan fingerprint density at radius 1 is 1.47 bits per heavy atom. The predicted octanol–water partition coefficient (Wildman–Crippen LogP) is 0.544. The summed E-state index contributed by atoms with van der Waals surface area (Å²) in [5, 5.41) is 11.6. The van der Waals surface area contributed by atoms with Crippen LogP contribution in [0.15, 0.2) is 18.2 Å². The van der Waals surface area contributed by atoms with Gasteiger partial charge in [0, 0.05) is 13.6 Å². The van der Waals surface area contributed by atoms with E-state index in [4.69, 9.17) is 5.26 Å². The lowest BCUT2D eigenvalue weighted by Gasteiger charge is -2.11. The van der Waals surface area contributed by atoms with Gasteiger partial charge in [-0.15, -0.1) is 0 Å². The molecule has 0 radical (unpaired) electrons. The van der Waals surface area contributed by atoms with Gasteiger partial charge >= 0.3 is 0 Å². The van der Waals surface area contributed by atoms with Crippen molar-refractivity contribution in [3.05, 3.63) is 35.1 Å². The number of halogens is 1. The van der Waals surface area contributed by atoms with Crippen molar-refractivity contribution in [3.63, 3.8) is 0 Å². The highest BCUT2D eigenvalue weighted by Crippen LogP contribution is 2.13. The molecule has 1 aromatic carbocycles. The number of likely N-dealkylation sites (tertiary alicyclic amines) is 1. The number of nitriles is 1. The molecule has 19 heavy (non-hydrogen) atoms. The van der Waals surface area contributed by atoms with E-state index in [0.29, 0.717) is 5.56 Å². The van der Waals surface area contributed by atoms with Gasteiger partial charge in [-0.2, -0.15) is 5.26 Å². The van der Waals surface area contributed by atoms with Crippen molar-refractivity contribution >= 4 is 11.8 Å². The van der Waals surface area contributed by atoms with Gasteiger partial charge < -0.3 is 5.32 Å². The molecule has 1 aliphatic rings. The zero-order valence-corrected chi connectivity index (χ0v) is 10.3. The zero-order chi connectivity index (χ0) is 14.0. The Kier molecular flexibility index (Phi) is 3.58. The molecule has 1 aromatic rings. The molecule has 1 N–H and O–H groups in total. The van der Waals surface area contributed by atoms with E-state index < -0.39 is 11.9 Å². The number of likely N-dealkylation sites (N-methyl/N-ethyl adjacent to an activating group) is 1. The fraction of sp³-hybridized carbons (Fsp3) is 0.308. The van der Waals surface area contributed by atoms with Crippen LogP contribution >= 0.6 is 0 Å². The van der Waals surface area contributed by atoms with Crippen molar-refractivity contribution in [1.29, 1.82) is 5.26 Å². The number of hydrogen-bond acceptors (Lipinski definition) is 4. The number of hydrogen-bond donors (Lipinski definition) is 1. The third-order valence-corrected chi connectivity index (χ3v) is 3.02. The van der Waals surface area contributed by atoms with E-state index in [2.05, 4.69) is 5.32 Å². The number of benzene rings is 1. The fourth-order valence-corrected chi connectivity index (χ4v) is 1.97.